The first-order valence-corrected chi connectivity index (χ1v) is 10.7. The Morgan fingerprint density at radius 3 is 2.43 bits per heavy atom. The average molecular weight is 405 g/mol. The standard InChI is InChI=1S/C20H25N3O4S/c1-16(20(24)21-17-7-6-8-18(15-17)27-2)22-11-13-23(14-12-22)28(25,26)19-9-4-3-5-10-19/h3-10,15-16H,11-14H2,1-2H3,(H,21,24)/p+1/t16-/m0/s1. The van der Waals surface area contributed by atoms with E-state index in [1.54, 1.807) is 43.5 Å². The first-order valence-electron chi connectivity index (χ1n) is 9.26. The Hall–Kier alpha value is -2.42. The van der Waals surface area contributed by atoms with Crippen molar-refractivity contribution >= 4 is 21.6 Å². The number of amides is 1. The van der Waals surface area contributed by atoms with E-state index in [-0.39, 0.29) is 11.9 Å². The molecule has 2 aromatic rings. The van der Waals surface area contributed by atoms with Gasteiger partial charge in [-0.25, -0.2) is 8.42 Å². The highest BCUT2D eigenvalue weighted by Crippen LogP contribution is 2.17. The fraction of sp³-hybridized carbons (Fsp3) is 0.350. The largest absolute Gasteiger partial charge is 0.497 e. The molecule has 0 radical (unpaired) electrons. The van der Waals surface area contributed by atoms with Crippen LogP contribution >= 0.6 is 0 Å². The molecule has 0 bridgehead atoms. The van der Waals surface area contributed by atoms with E-state index >= 15 is 0 Å². The molecule has 1 aliphatic rings. The zero-order chi connectivity index (χ0) is 20.1. The van der Waals surface area contributed by atoms with Crippen molar-refractivity contribution in [3.63, 3.8) is 0 Å². The van der Waals surface area contributed by atoms with Crippen molar-refractivity contribution < 1.29 is 22.8 Å². The molecule has 1 heterocycles. The molecule has 2 aromatic carbocycles. The molecule has 1 atom stereocenters. The molecule has 1 amide bonds. The SMILES string of the molecule is COc1cccc(NC(=O)[C@H](C)[NH+]2CCN(S(=O)(=O)c3ccccc3)CC2)c1. The normalized spacial score (nSPS) is 17.1. The van der Waals surface area contributed by atoms with Crippen LogP contribution in [0.3, 0.4) is 0 Å². The Labute approximate surface area is 166 Å². The number of quaternary nitrogens is 1. The summed E-state index contributed by atoms with van der Waals surface area (Å²) in [5.41, 5.74) is 0.681. The van der Waals surface area contributed by atoms with E-state index in [1.807, 2.05) is 25.1 Å². The summed E-state index contributed by atoms with van der Waals surface area (Å²) in [7, 11) is -1.90. The van der Waals surface area contributed by atoms with Gasteiger partial charge in [-0.2, -0.15) is 4.31 Å². The third kappa shape index (κ3) is 4.52. The fourth-order valence-corrected chi connectivity index (χ4v) is 4.79. The number of methoxy groups -OCH3 is 1. The van der Waals surface area contributed by atoms with Crippen molar-refractivity contribution in [1.29, 1.82) is 0 Å². The molecule has 0 spiro atoms. The average Bonchev–Trinajstić information content (AvgIpc) is 2.74. The van der Waals surface area contributed by atoms with Crippen molar-refractivity contribution in [1.82, 2.24) is 4.31 Å². The number of hydrogen-bond acceptors (Lipinski definition) is 4. The second-order valence-corrected chi connectivity index (χ2v) is 8.76. The van der Waals surface area contributed by atoms with Gasteiger partial charge >= 0.3 is 0 Å². The number of hydrogen-bond donors (Lipinski definition) is 2. The number of nitrogens with zero attached hydrogens (tertiary/aromatic N) is 1. The van der Waals surface area contributed by atoms with Gasteiger partial charge in [0.25, 0.3) is 5.91 Å². The van der Waals surface area contributed by atoms with E-state index < -0.39 is 10.0 Å². The van der Waals surface area contributed by atoms with Crippen LogP contribution < -0.4 is 15.0 Å². The Balaban J connectivity index is 1.58. The number of rotatable bonds is 6. The number of piperazine rings is 1. The van der Waals surface area contributed by atoms with E-state index in [0.717, 1.165) is 4.90 Å². The van der Waals surface area contributed by atoms with Crippen LogP contribution in [0.15, 0.2) is 59.5 Å². The summed E-state index contributed by atoms with van der Waals surface area (Å²) in [5, 5.41) is 2.91. The number of nitrogens with one attached hydrogen (secondary N) is 2. The predicted molar refractivity (Wildman–Crippen MR) is 107 cm³/mol. The monoisotopic (exact) mass is 404 g/mol. The van der Waals surface area contributed by atoms with E-state index in [2.05, 4.69) is 5.32 Å². The number of sulfonamides is 1. The highest BCUT2D eigenvalue weighted by molar-refractivity contribution is 7.89. The van der Waals surface area contributed by atoms with Gasteiger partial charge in [0.15, 0.2) is 6.04 Å². The summed E-state index contributed by atoms with van der Waals surface area (Å²) >= 11 is 0. The number of benzene rings is 2. The number of carbonyl (C=O) groups is 1. The van der Waals surface area contributed by atoms with Gasteiger partial charge in [0.1, 0.15) is 5.75 Å². The van der Waals surface area contributed by atoms with Crippen molar-refractivity contribution in [2.75, 3.05) is 38.6 Å². The van der Waals surface area contributed by atoms with Gasteiger partial charge in [0.2, 0.25) is 10.0 Å². The summed E-state index contributed by atoms with van der Waals surface area (Å²) in [6, 6.07) is 15.4. The van der Waals surface area contributed by atoms with Crippen molar-refractivity contribution in [3.05, 3.63) is 54.6 Å². The van der Waals surface area contributed by atoms with Crippen LogP contribution in [-0.4, -0.2) is 58.0 Å². The third-order valence-electron chi connectivity index (χ3n) is 5.09. The quantitative estimate of drug-likeness (QED) is 0.740. The lowest BCUT2D eigenvalue weighted by molar-refractivity contribution is -0.917. The second-order valence-electron chi connectivity index (χ2n) is 6.82. The predicted octanol–water partition coefficient (Wildman–Crippen LogP) is 0.612. The highest BCUT2D eigenvalue weighted by Gasteiger charge is 2.34. The molecule has 2 N–H and O–H groups in total. The molecular formula is C20H26N3O4S+. The maximum atomic E-state index is 12.7. The molecule has 0 saturated carbocycles. The Bertz CT molecular complexity index is 910. The first-order chi connectivity index (χ1) is 13.4. The summed E-state index contributed by atoms with van der Waals surface area (Å²) < 4.78 is 32.1. The number of ether oxygens (including phenoxy) is 1. The Morgan fingerprint density at radius 1 is 1.11 bits per heavy atom. The minimum Gasteiger partial charge on any atom is -0.497 e. The highest BCUT2D eigenvalue weighted by atomic mass is 32.2. The zero-order valence-corrected chi connectivity index (χ0v) is 16.9. The van der Waals surface area contributed by atoms with Crippen LogP contribution in [0.25, 0.3) is 0 Å². The van der Waals surface area contributed by atoms with Crippen LogP contribution in [0.2, 0.25) is 0 Å². The van der Waals surface area contributed by atoms with Crippen molar-refractivity contribution in [3.8, 4) is 5.75 Å². The summed E-state index contributed by atoms with van der Waals surface area (Å²) in [5.74, 6) is 0.583. The van der Waals surface area contributed by atoms with Crippen LogP contribution in [0.1, 0.15) is 6.92 Å². The lowest BCUT2D eigenvalue weighted by Crippen LogP contribution is -3.19. The second kappa shape index (κ2) is 8.72. The van der Waals surface area contributed by atoms with Crippen LogP contribution in [0, 0.1) is 0 Å². The molecule has 3 rings (SSSR count). The lowest BCUT2D eigenvalue weighted by atomic mass is 10.2. The topological polar surface area (TPSA) is 80.2 Å². The molecule has 150 valence electrons. The molecular weight excluding hydrogens is 378 g/mol. The minimum absolute atomic E-state index is 0.0948. The molecule has 1 aliphatic heterocycles. The van der Waals surface area contributed by atoms with Gasteiger partial charge in [-0.05, 0) is 31.2 Å². The van der Waals surface area contributed by atoms with Crippen LogP contribution in [0.5, 0.6) is 5.75 Å². The van der Waals surface area contributed by atoms with Crippen LogP contribution in [0.4, 0.5) is 5.69 Å². The summed E-state index contributed by atoms with van der Waals surface area (Å²) in [6.07, 6.45) is 0. The number of carbonyl (C=O) groups excluding carboxylic acids is 1. The Morgan fingerprint density at radius 2 is 1.79 bits per heavy atom. The number of anilines is 1. The van der Waals surface area contributed by atoms with E-state index in [1.165, 1.54) is 4.31 Å². The van der Waals surface area contributed by atoms with Gasteiger partial charge in [-0.3, -0.25) is 4.79 Å². The maximum absolute atomic E-state index is 12.7. The van der Waals surface area contributed by atoms with Gasteiger partial charge in [0, 0.05) is 11.8 Å². The molecule has 8 heteroatoms. The lowest BCUT2D eigenvalue weighted by Gasteiger charge is -2.34. The maximum Gasteiger partial charge on any atom is 0.282 e. The van der Waals surface area contributed by atoms with Crippen LogP contribution in [-0.2, 0) is 14.8 Å². The van der Waals surface area contributed by atoms with Gasteiger partial charge in [0.05, 0.1) is 38.2 Å². The molecule has 0 aromatic heterocycles. The summed E-state index contributed by atoms with van der Waals surface area (Å²) in [4.78, 5) is 14.0. The first kappa shape index (κ1) is 20.3. The Kier molecular flexibility index (Phi) is 6.33. The molecule has 0 aliphatic carbocycles. The molecule has 0 unspecified atom stereocenters. The molecule has 7 nitrogen and oxygen atoms in total. The molecule has 28 heavy (non-hydrogen) atoms. The minimum atomic E-state index is -3.48. The molecule has 1 fully saturated rings. The zero-order valence-electron chi connectivity index (χ0n) is 16.1. The fourth-order valence-electron chi connectivity index (χ4n) is 3.33. The third-order valence-corrected chi connectivity index (χ3v) is 7.00. The van der Waals surface area contributed by atoms with Gasteiger partial charge in [-0.15, -0.1) is 0 Å². The van der Waals surface area contributed by atoms with Gasteiger partial charge in [-0.1, -0.05) is 24.3 Å². The summed E-state index contributed by atoms with van der Waals surface area (Å²) in [6.45, 7) is 3.82. The van der Waals surface area contributed by atoms with E-state index in [0.29, 0.717) is 42.5 Å². The van der Waals surface area contributed by atoms with Gasteiger partial charge < -0.3 is 15.0 Å². The molecule has 1 saturated heterocycles. The van der Waals surface area contributed by atoms with E-state index in [9.17, 15) is 13.2 Å². The van der Waals surface area contributed by atoms with Crippen molar-refractivity contribution in [2.45, 2.75) is 17.9 Å². The van der Waals surface area contributed by atoms with Crippen molar-refractivity contribution in [2.24, 2.45) is 0 Å². The smallest absolute Gasteiger partial charge is 0.282 e. The van der Waals surface area contributed by atoms with E-state index in [4.69, 9.17) is 4.74 Å².